The van der Waals surface area contributed by atoms with Crippen LogP contribution >= 0.6 is 11.9 Å². The number of nitrogens with zero attached hydrogens (tertiary/aromatic N) is 5. The normalized spacial score (nSPS) is 12.3. The molecule has 0 unspecified atom stereocenters. The maximum absolute atomic E-state index is 5.64. The molecule has 0 fully saturated rings. The van der Waals surface area contributed by atoms with Gasteiger partial charge >= 0.3 is 0 Å². The van der Waals surface area contributed by atoms with Crippen molar-refractivity contribution in [2.45, 2.75) is 18.7 Å². The number of anilines is 1. The van der Waals surface area contributed by atoms with Crippen LogP contribution in [0.1, 0.15) is 13.8 Å². The van der Waals surface area contributed by atoms with Crippen LogP contribution in [0.2, 0.25) is 0 Å². The van der Waals surface area contributed by atoms with Gasteiger partial charge in [-0.3, -0.25) is 4.68 Å². The summed E-state index contributed by atoms with van der Waals surface area (Å²) >= 11 is 1.56. The fourth-order valence-electron chi connectivity index (χ4n) is 2.93. The Morgan fingerprint density at radius 2 is 2.07 bits per heavy atom. The lowest BCUT2D eigenvalue weighted by Gasteiger charge is -2.21. The van der Waals surface area contributed by atoms with E-state index in [9.17, 15) is 0 Å². The molecule has 3 rings (SSSR count). The third-order valence-corrected chi connectivity index (χ3v) is 5.45. The molecule has 0 spiro atoms. The number of allylic oxidation sites excluding steroid dienone is 1. The van der Waals surface area contributed by atoms with Crippen LogP contribution in [0.15, 0.2) is 58.3 Å². The van der Waals surface area contributed by atoms with E-state index in [4.69, 9.17) is 10.5 Å². The number of benzene rings is 1. The quantitative estimate of drug-likeness (QED) is 0.461. The van der Waals surface area contributed by atoms with Crippen molar-refractivity contribution in [3.8, 4) is 5.75 Å². The lowest BCUT2D eigenvalue weighted by molar-refractivity contribution is 0.416. The van der Waals surface area contributed by atoms with Crippen molar-refractivity contribution in [1.82, 2.24) is 14.8 Å². The van der Waals surface area contributed by atoms with Gasteiger partial charge in [0.25, 0.3) is 0 Å². The van der Waals surface area contributed by atoms with Crippen LogP contribution < -0.4 is 14.8 Å². The van der Waals surface area contributed by atoms with Crippen molar-refractivity contribution in [1.29, 1.82) is 0 Å². The zero-order valence-corrected chi connectivity index (χ0v) is 18.1. The Kier molecular flexibility index (Phi) is 6.43. The van der Waals surface area contributed by atoms with Crippen LogP contribution in [0.5, 0.6) is 5.75 Å². The Labute approximate surface area is 175 Å². The number of ether oxygens (including phenoxy) is 1. The number of nitrogens with two attached hydrogens (primary N) is 1. The number of pyridine rings is 1. The summed E-state index contributed by atoms with van der Waals surface area (Å²) in [5.41, 5.74) is 8.59. The molecule has 152 valence electrons. The molecule has 0 amide bonds. The molecule has 0 aliphatic heterocycles. The van der Waals surface area contributed by atoms with Crippen LogP contribution in [-0.4, -0.2) is 35.1 Å². The minimum atomic E-state index is 0.317. The first-order valence-electron chi connectivity index (χ1n) is 9.27. The van der Waals surface area contributed by atoms with Crippen molar-refractivity contribution >= 4 is 40.6 Å². The molecule has 1 aromatic carbocycles. The first kappa shape index (κ1) is 20.7. The van der Waals surface area contributed by atoms with Crippen LogP contribution in [0.3, 0.4) is 0 Å². The second-order valence-electron chi connectivity index (χ2n) is 6.84. The van der Waals surface area contributed by atoms with Crippen molar-refractivity contribution in [3.63, 3.8) is 0 Å². The second-order valence-corrected chi connectivity index (χ2v) is 8.04. The highest BCUT2D eigenvalue weighted by atomic mass is 32.2. The van der Waals surface area contributed by atoms with E-state index in [0.717, 1.165) is 32.8 Å². The second kappa shape index (κ2) is 9.00. The number of aryl methyl sites for hydroxylation is 1. The zero-order valence-electron chi connectivity index (χ0n) is 17.3. The van der Waals surface area contributed by atoms with Gasteiger partial charge < -0.3 is 14.8 Å². The monoisotopic (exact) mass is 410 g/mol. The third kappa shape index (κ3) is 4.54. The number of fused-ring (bicyclic) bond motifs is 1. The number of hydrogen-bond donors (Lipinski definition) is 1. The predicted molar refractivity (Wildman–Crippen MR) is 121 cm³/mol. The summed E-state index contributed by atoms with van der Waals surface area (Å²) in [6, 6.07) is 7.86. The van der Waals surface area contributed by atoms with Gasteiger partial charge in [0.1, 0.15) is 11.4 Å². The molecule has 29 heavy (non-hydrogen) atoms. The van der Waals surface area contributed by atoms with Gasteiger partial charge in [0.05, 0.1) is 18.8 Å². The summed E-state index contributed by atoms with van der Waals surface area (Å²) in [4.78, 5) is 9.84. The van der Waals surface area contributed by atoms with Crippen LogP contribution in [0, 0.1) is 5.92 Å². The van der Waals surface area contributed by atoms with Crippen molar-refractivity contribution < 1.29 is 4.74 Å². The summed E-state index contributed by atoms with van der Waals surface area (Å²) in [5, 5.41) is 5.43. The Balaban J connectivity index is 1.82. The fourth-order valence-corrected chi connectivity index (χ4v) is 3.74. The summed E-state index contributed by atoms with van der Waals surface area (Å²) < 4.78 is 9.52. The SMILES string of the molecule is COc1ccc2cnn(C)c2c1N(C)Sc1ccc(N=C/C(=C\N)C(C)C)nc1. The minimum Gasteiger partial charge on any atom is -0.494 e. The summed E-state index contributed by atoms with van der Waals surface area (Å²) in [5.74, 6) is 1.75. The molecule has 0 saturated carbocycles. The molecule has 8 heteroatoms. The predicted octanol–water partition coefficient (Wildman–Crippen LogP) is 4.32. The van der Waals surface area contributed by atoms with E-state index in [2.05, 4.69) is 33.2 Å². The highest BCUT2D eigenvalue weighted by Gasteiger charge is 2.17. The standard InChI is InChI=1S/C21H26N6OS/c1-14(2)16(10-22)11-23-19-9-7-17(13-24-19)29-27(4)21-18(28-5)8-6-15-12-25-26(3)20(15)21/h6-14H,22H2,1-5H3/b16-10+,23-11?. The summed E-state index contributed by atoms with van der Waals surface area (Å²) in [6.07, 6.45) is 7.01. The van der Waals surface area contributed by atoms with E-state index in [1.165, 1.54) is 0 Å². The molecule has 7 nitrogen and oxygen atoms in total. The molecular weight excluding hydrogens is 384 g/mol. The van der Waals surface area contributed by atoms with E-state index >= 15 is 0 Å². The molecule has 0 bridgehead atoms. The molecule has 0 atom stereocenters. The minimum absolute atomic E-state index is 0.317. The highest BCUT2D eigenvalue weighted by molar-refractivity contribution is 8.00. The highest BCUT2D eigenvalue weighted by Crippen LogP contribution is 2.40. The van der Waals surface area contributed by atoms with E-state index in [0.29, 0.717) is 11.7 Å². The Morgan fingerprint density at radius 1 is 1.28 bits per heavy atom. The van der Waals surface area contributed by atoms with Crippen molar-refractivity contribution in [2.24, 2.45) is 23.7 Å². The smallest absolute Gasteiger partial charge is 0.151 e. The van der Waals surface area contributed by atoms with E-state index in [1.807, 2.05) is 55.4 Å². The lowest BCUT2D eigenvalue weighted by atomic mass is 10.1. The first-order chi connectivity index (χ1) is 13.9. The largest absolute Gasteiger partial charge is 0.494 e. The van der Waals surface area contributed by atoms with Gasteiger partial charge in [-0.05, 0) is 53.9 Å². The van der Waals surface area contributed by atoms with Gasteiger partial charge in [-0.1, -0.05) is 13.8 Å². The van der Waals surface area contributed by atoms with Crippen LogP contribution in [-0.2, 0) is 7.05 Å². The number of aromatic nitrogens is 3. The lowest BCUT2D eigenvalue weighted by Crippen LogP contribution is -2.10. The Bertz CT molecular complexity index is 1040. The van der Waals surface area contributed by atoms with E-state index < -0.39 is 0 Å². The number of rotatable bonds is 7. The van der Waals surface area contributed by atoms with E-state index in [-0.39, 0.29) is 0 Å². The molecule has 0 aliphatic carbocycles. The molecule has 2 heterocycles. The molecular formula is C21H26N6OS. The molecule has 2 aromatic heterocycles. The fraction of sp³-hybridized carbons (Fsp3) is 0.286. The maximum Gasteiger partial charge on any atom is 0.151 e. The summed E-state index contributed by atoms with van der Waals surface area (Å²) in [6.45, 7) is 4.15. The van der Waals surface area contributed by atoms with Crippen molar-refractivity contribution in [2.75, 3.05) is 18.5 Å². The Morgan fingerprint density at radius 3 is 2.69 bits per heavy atom. The van der Waals surface area contributed by atoms with Gasteiger partial charge in [-0.2, -0.15) is 5.10 Å². The average molecular weight is 411 g/mol. The van der Waals surface area contributed by atoms with Gasteiger partial charge in [0.15, 0.2) is 5.82 Å². The summed E-state index contributed by atoms with van der Waals surface area (Å²) in [7, 11) is 5.61. The zero-order chi connectivity index (χ0) is 21.0. The van der Waals surface area contributed by atoms with Gasteiger partial charge in [0, 0.05) is 36.8 Å². The first-order valence-corrected chi connectivity index (χ1v) is 10.0. The molecule has 0 radical (unpaired) electrons. The molecule has 3 aromatic rings. The Hall–Kier alpha value is -3.00. The molecule has 2 N–H and O–H groups in total. The van der Waals surface area contributed by atoms with Crippen LogP contribution in [0.4, 0.5) is 11.5 Å². The number of methoxy groups -OCH3 is 1. The van der Waals surface area contributed by atoms with E-state index in [1.54, 1.807) is 31.5 Å². The van der Waals surface area contributed by atoms with Crippen LogP contribution in [0.25, 0.3) is 10.9 Å². The van der Waals surface area contributed by atoms with Crippen molar-refractivity contribution in [3.05, 3.63) is 48.4 Å². The number of aliphatic imine (C=N–C) groups is 1. The maximum atomic E-state index is 5.64. The number of hydrogen-bond acceptors (Lipinski definition) is 7. The van der Waals surface area contributed by atoms with Gasteiger partial charge in [-0.25, -0.2) is 9.98 Å². The molecule has 0 aliphatic rings. The average Bonchev–Trinajstić information content (AvgIpc) is 3.09. The third-order valence-electron chi connectivity index (χ3n) is 4.54. The van der Waals surface area contributed by atoms with Gasteiger partial charge in [-0.15, -0.1) is 0 Å². The molecule has 0 saturated heterocycles. The topological polar surface area (TPSA) is 81.6 Å². The van der Waals surface area contributed by atoms with Gasteiger partial charge in [0.2, 0.25) is 0 Å².